The molecule has 0 unspecified atom stereocenters. The Balaban J connectivity index is 2.05. The van der Waals surface area contributed by atoms with Crippen molar-refractivity contribution >= 4 is 16.8 Å². The van der Waals surface area contributed by atoms with Crippen LogP contribution in [0.3, 0.4) is 0 Å². The lowest BCUT2D eigenvalue weighted by Crippen LogP contribution is -2.26. The Labute approximate surface area is 116 Å². The third kappa shape index (κ3) is 3.45. The molecule has 5 nitrogen and oxygen atoms in total. The second-order valence-electron chi connectivity index (χ2n) is 4.63. The van der Waals surface area contributed by atoms with Crippen molar-refractivity contribution in [3.8, 4) is 0 Å². The van der Waals surface area contributed by atoms with Gasteiger partial charge in [0.1, 0.15) is 5.69 Å². The number of aliphatic hydroxyl groups is 1. The minimum atomic E-state index is -0.281. The zero-order valence-corrected chi connectivity index (χ0v) is 11.2. The highest BCUT2D eigenvalue weighted by atomic mass is 16.2. The molecule has 0 saturated heterocycles. The lowest BCUT2D eigenvalue weighted by Gasteiger charge is -2.06. The van der Waals surface area contributed by atoms with Crippen LogP contribution >= 0.6 is 0 Å². The number of fused-ring (bicyclic) bond motifs is 1. The number of hydrogen-bond acceptors (Lipinski definition) is 3. The monoisotopic (exact) mass is 274 g/mol. The first-order valence-electron chi connectivity index (χ1n) is 6.73. The number of para-hydroxylation sites is 1. The molecule has 5 heteroatoms. The molecule has 0 bridgehead atoms. The van der Waals surface area contributed by atoms with E-state index >= 15 is 0 Å². The first-order chi connectivity index (χ1) is 9.72. The van der Waals surface area contributed by atoms with Gasteiger partial charge in [-0.25, -0.2) is 0 Å². The summed E-state index contributed by atoms with van der Waals surface area (Å²) < 4.78 is 0. The molecule has 0 atom stereocenters. The molecular weight excluding hydrogens is 256 g/mol. The van der Waals surface area contributed by atoms with Gasteiger partial charge in [-0.05, 0) is 31.4 Å². The van der Waals surface area contributed by atoms with Gasteiger partial charge in [-0.3, -0.25) is 9.59 Å². The van der Waals surface area contributed by atoms with Gasteiger partial charge in [0.25, 0.3) is 5.91 Å². The fourth-order valence-corrected chi connectivity index (χ4v) is 2.03. The molecule has 0 spiro atoms. The van der Waals surface area contributed by atoms with E-state index in [-0.39, 0.29) is 23.6 Å². The SMILES string of the molecule is O=C(NCCCCCO)c1cc(=O)c2ccccc2[nH]1. The van der Waals surface area contributed by atoms with Gasteiger partial charge in [-0.1, -0.05) is 12.1 Å². The second-order valence-corrected chi connectivity index (χ2v) is 4.63. The summed E-state index contributed by atoms with van der Waals surface area (Å²) in [6.45, 7) is 0.708. The number of aromatic nitrogens is 1. The summed E-state index contributed by atoms with van der Waals surface area (Å²) in [5, 5.41) is 12.0. The molecule has 1 aromatic carbocycles. The number of H-pyrrole nitrogens is 1. The number of carbonyl (C=O) groups is 1. The number of unbranched alkanes of at least 4 members (excludes halogenated alkanes) is 2. The number of aliphatic hydroxyl groups excluding tert-OH is 1. The van der Waals surface area contributed by atoms with Gasteiger partial charge in [-0.2, -0.15) is 0 Å². The van der Waals surface area contributed by atoms with Gasteiger partial charge in [-0.15, -0.1) is 0 Å². The van der Waals surface area contributed by atoms with Crippen LogP contribution in [0, 0.1) is 0 Å². The van der Waals surface area contributed by atoms with Crippen LogP contribution in [-0.2, 0) is 0 Å². The molecule has 20 heavy (non-hydrogen) atoms. The molecule has 0 aliphatic carbocycles. The summed E-state index contributed by atoms with van der Waals surface area (Å²) in [4.78, 5) is 26.8. The number of pyridine rings is 1. The van der Waals surface area contributed by atoms with Gasteiger partial charge in [0.2, 0.25) is 0 Å². The largest absolute Gasteiger partial charge is 0.396 e. The lowest BCUT2D eigenvalue weighted by atomic mass is 10.2. The van der Waals surface area contributed by atoms with Gasteiger partial charge in [0.05, 0.1) is 0 Å². The quantitative estimate of drug-likeness (QED) is 0.697. The van der Waals surface area contributed by atoms with Crippen LogP contribution in [0.1, 0.15) is 29.8 Å². The minimum absolute atomic E-state index is 0.162. The fourth-order valence-electron chi connectivity index (χ4n) is 2.03. The maximum atomic E-state index is 11.9. The molecule has 0 aliphatic rings. The molecule has 1 heterocycles. The summed E-state index contributed by atoms with van der Waals surface area (Å²) in [7, 11) is 0. The van der Waals surface area contributed by atoms with E-state index in [4.69, 9.17) is 5.11 Å². The highest BCUT2D eigenvalue weighted by Gasteiger charge is 2.08. The molecule has 0 saturated carbocycles. The summed E-state index contributed by atoms with van der Waals surface area (Å²) in [6.07, 6.45) is 2.41. The van der Waals surface area contributed by atoms with Crippen LogP contribution in [0.5, 0.6) is 0 Å². The Kier molecular flexibility index (Phi) is 4.90. The molecule has 0 radical (unpaired) electrons. The average Bonchev–Trinajstić information content (AvgIpc) is 2.47. The van der Waals surface area contributed by atoms with E-state index in [1.807, 2.05) is 6.07 Å². The Morgan fingerprint density at radius 3 is 2.80 bits per heavy atom. The molecule has 1 aromatic heterocycles. The van der Waals surface area contributed by atoms with E-state index in [0.717, 1.165) is 19.3 Å². The normalized spacial score (nSPS) is 10.7. The number of nitrogens with one attached hydrogen (secondary N) is 2. The first-order valence-corrected chi connectivity index (χ1v) is 6.73. The lowest BCUT2D eigenvalue weighted by molar-refractivity contribution is 0.0948. The predicted molar refractivity (Wildman–Crippen MR) is 77.8 cm³/mol. The number of carbonyl (C=O) groups excluding carboxylic acids is 1. The van der Waals surface area contributed by atoms with E-state index in [0.29, 0.717) is 17.4 Å². The molecule has 0 aliphatic heterocycles. The van der Waals surface area contributed by atoms with Crippen molar-refractivity contribution in [1.82, 2.24) is 10.3 Å². The molecule has 2 rings (SSSR count). The van der Waals surface area contributed by atoms with Crippen LogP contribution in [0.15, 0.2) is 35.1 Å². The van der Waals surface area contributed by atoms with Crippen molar-refractivity contribution in [2.45, 2.75) is 19.3 Å². The second kappa shape index (κ2) is 6.86. The molecule has 2 aromatic rings. The van der Waals surface area contributed by atoms with E-state index in [1.165, 1.54) is 6.07 Å². The van der Waals surface area contributed by atoms with Crippen molar-refractivity contribution < 1.29 is 9.90 Å². The van der Waals surface area contributed by atoms with Gasteiger partial charge < -0.3 is 15.4 Å². The Morgan fingerprint density at radius 1 is 1.20 bits per heavy atom. The van der Waals surface area contributed by atoms with Crippen molar-refractivity contribution in [1.29, 1.82) is 0 Å². The molecular formula is C15H18N2O3. The summed E-state index contributed by atoms with van der Waals surface area (Å²) in [5.74, 6) is -0.281. The van der Waals surface area contributed by atoms with Crippen LogP contribution in [0.25, 0.3) is 10.9 Å². The smallest absolute Gasteiger partial charge is 0.267 e. The zero-order valence-electron chi connectivity index (χ0n) is 11.2. The van der Waals surface area contributed by atoms with E-state index in [9.17, 15) is 9.59 Å². The van der Waals surface area contributed by atoms with Gasteiger partial charge >= 0.3 is 0 Å². The fraction of sp³-hybridized carbons (Fsp3) is 0.333. The Hall–Kier alpha value is -2.14. The number of amides is 1. The van der Waals surface area contributed by atoms with E-state index in [1.54, 1.807) is 18.2 Å². The first kappa shape index (κ1) is 14.3. The van der Waals surface area contributed by atoms with Crippen molar-refractivity contribution in [3.63, 3.8) is 0 Å². The number of benzene rings is 1. The van der Waals surface area contributed by atoms with E-state index in [2.05, 4.69) is 10.3 Å². The maximum absolute atomic E-state index is 11.9. The summed E-state index contributed by atoms with van der Waals surface area (Å²) in [5.41, 5.74) is 0.770. The summed E-state index contributed by atoms with van der Waals surface area (Å²) >= 11 is 0. The maximum Gasteiger partial charge on any atom is 0.267 e. The molecule has 106 valence electrons. The van der Waals surface area contributed by atoms with Crippen LogP contribution in [0.2, 0.25) is 0 Å². The van der Waals surface area contributed by atoms with Crippen molar-refractivity contribution in [2.24, 2.45) is 0 Å². The topological polar surface area (TPSA) is 82.2 Å². The number of hydrogen-bond donors (Lipinski definition) is 3. The summed E-state index contributed by atoms with van der Waals surface area (Å²) in [6, 6.07) is 8.43. The highest BCUT2D eigenvalue weighted by Crippen LogP contribution is 2.07. The van der Waals surface area contributed by atoms with Gasteiger partial charge in [0, 0.05) is 30.1 Å². The van der Waals surface area contributed by atoms with Crippen LogP contribution in [0.4, 0.5) is 0 Å². The predicted octanol–water partition coefficient (Wildman–Crippen LogP) is 1.42. The third-order valence-corrected chi connectivity index (χ3v) is 3.10. The van der Waals surface area contributed by atoms with Crippen molar-refractivity contribution in [3.05, 3.63) is 46.2 Å². The average molecular weight is 274 g/mol. The Morgan fingerprint density at radius 2 is 2.00 bits per heavy atom. The highest BCUT2D eigenvalue weighted by molar-refractivity contribution is 5.94. The van der Waals surface area contributed by atoms with E-state index < -0.39 is 0 Å². The minimum Gasteiger partial charge on any atom is -0.396 e. The number of rotatable bonds is 6. The Bertz CT molecular complexity index is 649. The number of aromatic amines is 1. The van der Waals surface area contributed by atoms with Crippen LogP contribution < -0.4 is 10.7 Å². The molecule has 1 amide bonds. The standard InChI is InChI=1S/C15H18N2O3/c18-9-5-1-4-8-16-15(20)13-10-14(19)11-6-2-3-7-12(11)17-13/h2-3,6-7,10,18H,1,4-5,8-9H2,(H,16,20)(H,17,19). The van der Waals surface area contributed by atoms with Crippen LogP contribution in [-0.4, -0.2) is 29.1 Å². The third-order valence-electron chi connectivity index (χ3n) is 3.10. The zero-order chi connectivity index (χ0) is 14.4. The van der Waals surface area contributed by atoms with Crippen molar-refractivity contribution in [2.75, 3.05) is 13.2 Å². The van der Waals surface area contributed by atoms with Gasteiger partial charge in [0.15, 0.2) is 5.43 Å². The molecule has 0 fully saturated rings. The molecule has 3 N–H and O–H groups in total.